The van der Waals surface area contributed by atoms with Crippen molar-refractivity contribution in [3.05, 3.63) is 35.0 Å². The Morgan fingerprint density at radius 3 is 2.94 bits per heavy atom. The first kappa shape index (κ1) is 9.78. The van der Waals surface area contributed by atoms with Gasteiger partial charge in [0.25, 0.3) is 0 Å². The number of fused-ring (bicyclic) bond motifs is 3. The third kappa shape index (κ3) is 1.33. The molecule has 3 rings (SSSR count). The number of nitrogens with zero attached hydrogens (tertiary/aromatic N) is 1. The third-order valence-electron chi connectivity index (χ3n) is 3.18. The number of rotatable bonds is 0. The Morgan fingerprint density at radius 1 is 1.31 bits per heavy atom. The first-order chi connectivity index (χ1) is 7.65. The Hall–Kier alpha value is -1.42. The van der Waals surface area contributed by atoms with Crippen LogP contribution in [0.3, 0.4) is 0 Å². The summed E-state index contributed by atoms with van der Waals surface area (Å²) in [5, 5.41) is 0.544. The molecule has 1 aliphatic rings. The van der Waals surface area contributed by atoms with Gasteiger partial charge in [0, 0.05) is 36.7 Å². The van der Waals surface area contributed by atoms with Crippen LogP contribution in [-0.2, 0) is 13.0 Å². The van der Waals surface area contributed by atoms with Crippen molar-refractivity contribution in [2.45, 2.75) is 13.0 Å². The largest absolute Gasteiger partial charge is 0.358 e. The standard InChI is InChI=1S/C12H12F2N2/c1-16-3-2-10-8(6-16)12-9(14)4-7(13)5-11(12)15-10/h4-5,15H,2-3,6H2,1H3. The predicted octanol–water partition coefficient (Wildman–Crippen LogP) is 2.43. The predicted molar refractivity (Wildman–Crippen MR) is 58.3 cm³/mol. The van der Waals surface area contributed by atoms with E-state index in [9.17, 15) is 8.78 Å². The highest BCUT2D eigenvalue weighted by Gasteiger charge is 2.20. The van der Waals surface area contributed by atoms with E-state index in [0.29, 0.717) is 10.9 Å². The lowest BCUT2D eigenvalue weighted by molar-refractivity contribution is 0.312. The van der Waals surface area contributed by atoms with E-state index in [-0.39, 0.29) is 0 Å². The lowest BCUT2D eigenvalue weighted by Crippen LogP contribution is -2.26. The maximum absolute atomic E-state index is 13.7. The Labute approximate surface area is 91.9 Å². The minimum absolute atomic E-state index is 0.470. The molecule has 0 bridgehead atoms. The second-order valence-corrected chi connectivity index (χ2v) is 4.38. The normalized spacial score (nSPS) is 16.7. The SMILES string of the molecule is CN1CCc2[nH]c3cc(F)cc(F)c3c2C1. The molecule has 0 aliphatic carbocycles. The van der Waals surface area contributed by atoms with Gasteiger partial charge in [-0.15, -0.1) is 0 Å². The van der Waals surface area contributed by atoms with Gasteiger partial charge in [0.1, 0.15) is 11.6 Å². The van der Waals surface area contributed by atoms with Crippen LogP contribution in [0, 0.1) is 11.6 Å². The monoisotopic (exact) mass is 222 g/mol. The van der Waals surface area contributed by atoms with Crippen molar-refractivity contribution in [1.29, 1.82) is 0 Å². The number of halogens is 2. The average molecular weight is 222 g/mol. The Bertz CT molecular complexity index is 560. The second kappa shape index (κ2) is 3.28. The maximum atomic E-state index is 13.7. The van der Waals surface area contributed by atoms with Gasteiger partial charge in [-0.1, -0.05) is 0 Å². The first-order valence-electron chi connectivity index (χ1n) is 5.32. The zero-order chi connectivity index (χ0) is 11.3. The number of hydrogen-bond donors (Lipinski definition) is 1. The molecule has 84 valence electrons. The van der Waals surface area contributed by atoms with Gasteiger partial charge in [0.05, 0.1) is 5.52 Å². The van der Waals surface area contributed by atoms with Crippen LogP contribution < -0.4 is 0 Å². The molecule has 4 heteroatoms. The molecular weight excluding hydrogens is 210 g/mol. The fraction of sp³-hybridized carbons (Fsp3) is 0.333. The van der Waals surface area contributed by atoms with Crippen LogP contribution in [0.5, 0.6) is 0 Å². The Morgan fingerprint density at radius 2 is 2.12 bits per heavy atom. The third-order valence-corrected chi connectivity index (χ3v) is 3.18. The van der Waals surface area contributed by atoms with E-state index in [4.69, 9.17) is 0 Å². The van der Waals surface area contributed by atoms with Gasteiger partial charge in [-0.3, -0.25) is 0 Å². The number of hydrogen-bond acceptors (Lipinski definition) is 1. The Balaban J connectivity index is 2.30. The molecule has 1 aromatic carbocycles. The van der Waals surface area contributed by atoms with E-state index in [0.717, 1.165) is 36.8 Å². The molecule has 0 saturated carbocycles. The zero-order valence-electron chi connectivity index (χ0n) is 8.98. The smallest absolute Gasteiger partial charge is 0.135 e. The number of H-pyrrole nitrogens is 1. The highest BCUT2D eigenvalue weighted by molar-refractivity contribution is 5.85. The lowest BCUT2D eigenvalue weighted by Gasteiger charge is -2.22. The first-order valence-corrected chi connectivity index (χ1v) is 5.32. The van der Waals surface area contributed by atoms with Crippen molar-refractivity contribution in [3.8, 4) is 0 Å². The minimum Gasteiger partial charge on any atom is -0.358 e. The highest BCUT2D eigenvalue weighted by Crippen LogP contribution is 2.29. The summed E-state index contributed by atoms with van der Waals surface area (Å²) in [6.07, 6.45) is 0.863. The number of aromatic nitrogens is 1. The maximum Gasteiger partial charge on any atom is 0.135 e. The fourth-order valence-corrected chi connectivity index (χ4v) is 2.41. The highest BCUT2D eigenvalue weighted by atomic mass is 19.1. The number of nitrogens with one attached hydrogen (secondary N) is 1. The van der Waals surface area contributed by atoms with Crippen LogP contribution in [0.15, 0.2) is 12.1 Å². The van der Waals surface area contributed by atoms with Gasteiger partial charge in [0.15, 0.2) is 0 Å². The van der Waals surface area contributed by atoms with E-state index in [1.54, 1.807) is 0 Å². The van der Waals surface area contributed by atoms with Crippen LogP contribution in [0.2, 0.25) is 0 Å². The van der Waals surface area contributed by atoms with Crippen molar-refractivity contribution in [3.63, 3.8) is 0 Å². The number of likely N-dealkylation sites (N-methyl/N-ethyl adjacent to an activating group) is 1. The van der Waals surface area contributed by atoms with Crippen LogP contribution in [0.25, 0.3) is 10.9 Å². The van der Waals surface area contributed by atoms with Crippen LogP contribution >= 0.6 is 0 Å². The van der Waals surface area contributed by atoms with E-state index in [2.05, 4.69) is 9.88 Å². The van der Waals surface area contributed by atoms with E-state index in [1.165, 1.54) is 6.07 Å². The van der Waals surface area contributed by atoms with Crippen LogP contribution in [0.1, 0.15) is 11.3 Å². The minimum atomic E-state index is -0.531. The van der Waals surface area contributed by atoms with Gasteiger partial charge in [0.2, 0.25) is 0 Å². The summed E-state index contributed by atoms with van der Waals surface area (Å²) in [6, 6.07) is 2.31. The van der Waals surface area contributed by atoms with E-state index in [1.807, 2.05) is 7.05 Å². The fourth-order valence-electron chi connectivity index (χ4n) is 2.41. The van der Waals surface area contributed by atoms with Crippen molar-refractivity contribution in [2.24, 2.45) is 0 Å². The summed E-state index contributed by atoms with van der Waals surface area (Å²) in [4.78, 5) is 5.25. The molecule has 0 amide bonds. The number of aromatic amines is 1. The van der Waals surface area contributed by atoms with Gasteiger partial charge in [-0.2, -0.15) is 0 Å². The molecule has 2 aromatic rings. The van der Waals surface area contributed by atoms with Crippen molar-refractivity contribution < 1.29 is 8.78 Å². The van der Waals surface area contributed by atoms with Gasteiger partial charge in [-0.25, -0.2) is 8.78 Å². The number of benzene rings is 1. The molecule has 0 spiro atoms. The van der Waals surface area contributed by atoms with Crippen LogP contribution in [0.4, 0.5) is 8.78 Å². The molecule has 0 saturated heterocycles. The molecule has 1 aromatic heterocycles. The average Bonchev–Trinajstić information content (AvgIpc) is 2.54. The molecular formula is C12H12F2N2. The molecule has 0 fully saturated rings. The molecule has 2 heterocycles. The molecule has 1 N–H and O–H groups in total. The summed E-state index contributed by atoms with van der Waals surface area (Å²) in [5.74, 6) is -1.00. The van der Waals surface area contributed by atoms with Gasteiger partial charge in [-0.05, 0) is 18.7 Å². The quantitative estimate of drug-likeness (QED) is 0.725. The molecule has 2 nitrogen and oxygen atoms in total. The zero-order valence-corrected chi connectivity index (χ0v) is 8.98. The summed E-state index contributed by atoms with van der Waals surface area (Å²) in [7, 11) is 2.00. The molecule has 16 heavy (non-hydrogen) atoms. The summed E-state index contributed by atoms with van der Waals surface area (Å²) in [5.41, 5.74) is 2.58. The van der Waals surface area contributed by atoms with Gasteiger partial charge >= 0.3 is 0 Å². The van der Waals surface area contributed by atoms with Crippen LogP contribution in [-0.4, -0.2) is 23.5 Å². The lowest BCUT2D eigenvalue weighted by atomic mass is 10.0. The Kier molecular flexibility index (Phi) is 2.01. The van der Waals surface area contributed by atoms with E-state index < -0.39 is 11.6 Å². The second-order valence-electron chi connectivity index (χ2n) is 4.38. The summed E-state index contributed by atoms with van der Waals surface area (Å²) >= 11 is 0. The summed E-state index contributed by atoms with van der Waals surface area (Å²) < 4.78 is 26.8. The van der Waals surface area contributed by atoms with E-state index >= 15 is 0 Å². The molecule has 0 radical (unpaired) electrons. The van der Waals surface area contributed by atoms with Gasteiger partial charge < -0.3 is 9.88 Å². The van der Waals surface area contributed by atoms with Crippen molar-refractivity contribution >= 4 is 10.9 Å². The summed E-state index contributed by atoms with van der Waals surface area (Å²) in [6.45, 7) is 1.67. The van der Waals surface area contributed by atoms with Crippen molar-refractivity contribution in [1.82, 2.24) is 9.88 Å². The molecule has 0 atom stereocenters. The molecule has 1 aliphatic heterocycles. The van der Waals surface area contributed by atoms with Crippen molar-refractivity contribution in [2.75, 3.05) is 13.6 Å². The molecule has 0 unspecified atom stereocenters. The topological polar surface area (TPSA) is 19.0 Å².